The maximum Gasteiger partial charge on any atom is 0.262 e. The molecule has 0 spiro atoms. The van der Waals surface area contributed by atoms with Crippen molar-refractivity contribution in [3.63, 3.8) is 0 Å². The van der Waals surface area contributed by atoms with Gasteiger partial charge in [0, 0.05) is 19.1 Å². The predicted molar refractivity (Wildman–Crippen MR) is 120 cm³/mol. The molecule has 1 saturated heterocycles. The average Bonchev–Trinajstić information content (AvgIpc) is 3.16. The molecule has 4 rings (SSSR count). The van der Waals surface area contributed by atoms with Gasteiger partial charge in [0.2, 0.25) is 11.7 Å². The molecular weight excluding hydrogens is 398 g/mol. The molecule has 0 saturated carbocycles. The highest BCUT2D eigenvalue weighted by Crippen LogP contribution is 2.24. The summed E-state index contributed by atoms with van der Waals surface area (Å²) in [7, 11) is 0. The zero-order chi connectivity index (χ0) is 21.3. The number of rotatable bonds is 6. The van der Waals surface area contributed by atoms with Crippen LogP contribution < -0.4 is 5.56 Å². The van der Waals surface area contributed by atoms with Gasteiger partial charge in [0.1, 0.15) is 0 Å². The highest BCUT2D eigenvalue weighted by molar-refractivity contribution is 7.99. The maximum atomic E-state index is 13.1. The number of amides is 1. The number of aromatic nitrogens is 4. The first-order chi connectivity index (χ1) is 14.5. The molecule has 160 valence electrons. The number of nitrogens with zero attached hydrogens (tertiary/aromatic N) is 5. The molecule has 1 aliphatic rings. The molecule has 1 unspecified atom stereocenters. The van der Waals surface area contributed by atoms with Gasteiger partial charge in [0.05, 0.1) is 16.7 Å². The van der Waals surface area contributed by atoms with Crippen LogP contribution >= 0.6 is 11.8 Å². The topological polar surface area (TPSA) is 72.5 Å². The van der Waals surface area contributed by atoms with E-state index < -0.39 is 0 Å². The number of fused-ring (bicyclic) bond motifs is 3. The highest BCUT2D eigenvalue weighted by atomic mass is 32.2. The SMILES string of the molecule is CC(C)CCn1c(=O)c2ccccc2n2c(SCC(=O)N3CCCCC3C)nnc12. The quantitative estimate of drug-likeness (QED) is 0.562. The first-order valence-corrected chi connectivity index (χ1v) is 11.7. The van der Waals surface area contributed by atoms with E-state index in [0.29, 0.717) is 40.6 Å². The lowest BCUT2D eigenvalue weighted by Crippen LogP contribution is -2.42. The van der Waals surface area contributed by atoms with Gasteiger partial charge in [0.25, 0.3) is 5.56 Å². The van der Waals surface area contributed by atoms with Crippen molar-refractivity contribution in [3.8, 4) is 0 Å². The van der Waals surface area contributed by atoms with Crippen LogP contribution in [0.5, 0.6) is 0 Å². The summed E-state index contributed by atoms with van der Waals surface area (Å²) in [6.07, 6.45) is 4.21. The second kappa shape index (κ2) is 8.79. The summed E-state index contributed by atoms with van der Waals surface area (Å²) in [5.41, 5.74) is 0.741. The minimum atomic E-state index is -0.0408. The fourth-order valence-electron chi connectivity index (χ4n) is 4.09. The van der Waals surface area contributed by atoms with Gasteiger partial charge < -0.3 is 4.90 Å². The minimum absolute atomic E-state index is 0.0408. The molecule has 30 heavy (non-hydrogen) atoms. The Morgan fingerprint density at radius 3 is 2.80 bits per heavy atom. The Balaban J connectivity index is 1.69. The van der Waals surface area contributed by atoms with Crippen molar-refractivity contribution in [2.24, 2.45) is 5.92 Å². The Bertz CT molecular complexity index is 1120. The molecule has 3 aromatic rings. The summed E-state index contributed by atoms with van der Waals surface area (Å²) >= 11 is 1.40. The van der Waals surface area contributed by atoms with Crippen molar-refractivity contribution in [1.82, 2.24) is 24.1 Å². The lowest BCUT2D eigenvalue weighted by Gasteiger charge is -2.33. The van der Waals surface area contributed by atoms with E-state index in [2.05, 4.69) is 31.0 Å². The van der Waals surface area contributed by atoms with Gasteiger partial charge in [-0.15, -0.1) is 10.2 Å². The number of hydrogen-bond donors (Lipinski definition) is 0. The molecular formula is C22H29N5O2S. The largest absolute Gasteiger partial charge is 0.339 e. The molecule has 1 aromatic carbocycles. The van der Waals surface area contributed by atoms with E-state index in [4.69, 9.17) is 0 Å². The number of piperidine rings is 1. The van der Waals surface area contributed by atoms with Gasteiger partial charge in [-0.1, -0.05) is 37.7 Å². The number of aryl methyl sites for hydroxylation is 1. The summed E-state index contributed by atoms with van der Waals surface area (Å²) < 4.78 is 3.64. The highest BCUT2D eigenvalue weighted by Gasteiger charge is 2.24. The molecule has 8 heteroatoms. The summed E-state index contributed by atoms with van der Waals surface area (Å²) in [5.74, 6) is 1.48. The Morgan fingerprint density at radius 1 is 1.23 bits per heavy atom. The molecule has 0 aliphatic carbocycles. The molecule has 0 radical (unpaired) electrons. The van der Waals surface area contributed by atoms with Crippen LogP contribution in [0.25, 0.3) is 16.7 Å². The normalized spacial score (nSPS) is 17.3. The lowest BCUT2D eigenvalue weighted by atomic mass is 10.0. The van der Waals surface area contributed by atoms with Gasteiger partial charge in [-0.3, -0.25) is 18.6 Å². The number of hydrogen-bond acceptors (Lipinski definition) is 5. The fraction of sp³-hybridized carbons (Fsp3) is 0.545. The standard InChI is InChI=1S/C22H29N5O2S/c1-15(2)11-13-26-20(29)17-9-4-5-10-18(17)27-21(26)23-24-22(27)30-14-19(28)25-12-7-6-8-16(25)3/h4-5,9-10,15-16H,6-8,11-14H2,1-3H3. The number of thioether (sulfide) groups is 1. The van der Waals surface area contributed by atoms with Gasteiger partial charge in [-0.05, 0) is 50.7 Å². The molecule has 2 aromatic heterocycles. The molecule has 1 fully saturated rings. The van der Waals surface area contributed by atoms with Crippen molar-refractivity contribution >= 4 is 34.3 Å². The molecule has 1 aliphatic heterocycles. The van der Waals surface area contributed by atoms with Crippen molar-refractivity contribution < 1.29 is 4.79 Å². The summed E-state index contributed by atoms with van der Waals surface area (Å²) in [6.45, 7) is 7.83. The first kappa shape index (κ1) is 20.9. The maximum absolute atomic E-state index is 13.1. The van der Waals surface area contributed by atoms with Crippen LogP contribution in [-0.2, 0) is 11.3 Å². The Hall–Kier alpha value is -2.35. The molecule has 0 N–H and O–H groups in total. The van der Waals surface area contributed by atoms with Gasteiger partial charge in [-0.25, -0.2) is 0 Å². The first-order valence-electron chi connectivity index (χ1n) is 10.8. The zero-order valence-corrected chi connectivity index (χ0v) is 18.7. The van der Waals surface area contributed by atoms with E-state index in [1.165, 1.54) is 18.2 Å². The Morgan fingerprint density at radius 2 is 2.03 bits per heavy atom. The van der Waals surface area contributed by atoms with Gasteiger partial charge in [-0.2, -0.15) is 0 Å². The van der Waals surface area contributed by atoms with Crippen LogP contribution in [0.3, 0.4) is 0 Å². The third-order valence-corrected chi connectivity index (χ3v) is 6.77. The second-order valence-corrected chi connectivity index (χ2v) is 9.44. The van der Waals surface area contributed by atoms with E-state index in [-0.39, 0.29) is 11.5 Å². The fourth-order valence-corrected chi connectivity index (χ4v) is 4.92. The van der Waals surface area contributed by atoms with Crippen LogP contribution in [0.15, 0.2) is 34.2 Å². The predicted octanol–water partition coefficient (Wildman–Crippen LogP) is 3.58. The number of carbonyl (C=O) groups excluding carboxylic acids is 1. The van der Waals surface area contributed by atoms with Crippen LogP contribution in [0.2, 0.25) is 0 Å². The van der Waals surface area contributed by atoms with Crippen molar-refractivity contribution in [2.75, 3.05) is 12.3 Å². The zero-order valence-electron chi connectivity index (χ0n) is 17.9. The monoisotopic (exact) mass is 427 g/mol. The van der Waals surface area contributed by atoms with Crippen molar-refractivity contribution in [2.45, 2.75) is 64.2 Å². The van der Waals surface area contributed by atoms with Crippen molar-refractivity contribution in [1.29, 1.82) is 0 Å². The Labute approximate surface area is 180 Å². The number of carbonyl (C=O) groups is 1. The molecule has 1 atom stereocenters. The minimum Gasteiger partial charge on any atom is -0.339 e. The van der Waals surface area contributed by atoms with E-state index >= 15 is 0 Å². The molecule has 1 amide bonds. The van der Waals surface area contributed by atoms with E-state index in [1.54, 1.807) is 4.57 Å². The third kappa shape index (κ3) is 3.97. The van der Waals surface area contributed by atoms with Crippen LogP contribution in [0.4, 0.5) is 0 Å². The van der Waals surface area contributed by atoms with Crippen LogP contribution in [0, 0.1) is 5.92 Å². The molecule has 3 heterocycles. The lowest BCUT2D eigenvalue weighted by molar-refractivity contribution is -0.131. The second-order valence-electron chi connectivity index (χ2n) is 8.50. The number of benzene rings is 1. The Kier molecular flexibility index (Phi) is 6.13. The third-order valence-electron chi connectivity index (χ3n) is 5.86. The van der Waals surface area contributed by atoms with Crippen LogP contribution in [-0.4, -0.2) is 48.3 Å². The average molecular weight is 428 g/mol. The summed E-state index contributed by atoms with van der Waals surface area (Å²) in [5, 5.41) is 9.99. The van der Waals surface area contributed by atoms with Crippen LogP contribution in [0.1, 0.15) is 46.5 Å². The van der Waals surface area contributed by atoms with E-state index in [1.807, 2.05) is 33.6 Å². The van der Waals surface area contributed by atoms with Gasteiger partial charge >= 0.3 is 0 Å². The van der Waals surface area contributed by atoms with E-state index in [9.17, 15) is 9.59 Å². The molecule has 0 bridgehead atoms. The summed E-state index contributed by atoms with van der Waals surface area (Å²) in [4.78, 5) is 27.9. The van der Waals surface area contributed by atoms with Crippen molar-refractivity contribution in [3.05, 3.63) is 34.6 Å². The van der Waals surface area contributed by atoms with Gasteiger partial charge in [0.15, 0.2) is 5.16 Å². The molecule has 7 nitrogen and oxygen atoms in total. The summed E-state index contributed by atoms with van der Waals surface area (Å²) in [6, 6.07) is 7.84. The smallest absolute Gasteiger partial charge is 0.262 e. The number of likely N-dealkylation sites (tertiary alicyclic amines) is 1. The number of para-hydroxylation sites is 1. The van der Waals surface area contributed by atoms with E-state index in [0.717, 1.165) is 31.3 Å².